The lowest BCUT2D eigenvalue weighted by Crippen LogP contribution is -2.04. The van der Waals surface area contributed by atoms with Gasteiger partial charge in [0, 0.05) is 0 Å². The van der Waals surface area contributed by atoms with Gasteiger partial charge in [0.1, 0.15) is 0 Å². The molecule has 0 spiro atoms. The van der Waals surface area contributed by atoms with E-state index in [0.29, 0.717) is 5.69 Å². The number of benzene rings is 1. The largest absolute Gasteiger partial charge is 0.390 e. The van der Waals surface area contributed by atoms with E-state index < -0.39 is 0 Å². The highest BCUT2D eigenvalue weighted by Gasteiger charge is 2.07. The van der Waals surface area contributed by atoms with Crippen LogP contribution in [0.4, 0.5) is 0 Å². The molecular formula is C11H13N3O. The van der Waals surface area contributed by atoms with Crippen molar-refractivity contribution in [2.24, 2.45) is 0 Å². The highest BCUT2D eigenvalue weighted by molar-refractivity contribution is 5.42. The van der Waals surface area contributed by atoms with Crippen LogP contribution in [0.3, 0.4) is 0 Å². The number of hydrogen-bond acceptors (Lipinski definition) is 3. The van der Waals surface area contributed by atoms with Gasteiger partial charge in [0.25, 0.3) is 0 Å². The van der Waals surface area contributed by atoms with Crippen LogP contribution in [0.15, 0.2) is 24.4 Å². The molecule has 2 rings (SSSR count). The Labute approximate surface area is 88.2 Å². The molecule has 0 fully saturated rings. The third-order valence-electron chi connectivity index (χ3n) is 2.36. The summed E-state index contributed by atoms with van der Waals surface area (Å²) in [5, 5.41) is 16.9. The van der Waals surface area contributed by atoms with Crippen molar-refractivity contribution >= 4 is 0 Å². The van der Waals surface area contributed by atoms with E-state index in [4.69, 9.17) is 5.11 Å². The topological polar surface area (TPSA) is 50.9 Å². The van der Waals surface area contributed by atoms with Crippen LogP contribution in [0.25, 0.3) is 5.69 Å². The van der Waals surface area contributed by atoms with Crippen LogP contribution in [0.1, 0.15) is 16.8 Å². The van der Waals surface area contributed by atoms with Gasteiger partial charge in [0.15, 0.2) is 0 Å². The maximum Gasteiger partial charge on any atom is 0.0900 e. The normalized spacial score (nSPS) is 10.6. The zero-order chi connectivity index (χ0) is 10.8. The number of aryl methyl sites for hydroxylation is 2. The second-order valence-electron chi connectivity index (χ2n) is 3.59. The molecule has 0 aliphatic heterocycles. The van der Waals surface area contributed by atoms with E-state index in [1.807, 2.05) is 26.0 Å². The van der Waals surface area contributed by atoms with Gasteiger partial charge in [-0.2, -0.15) is 0 Å². The molecule has 0 saturated carbocycles. The molecule has 0 bridgehead atoms. The Hall–Kier alpha value is -1.68. The molecule has 4 heteroatoms. The first-order valence-electron chi connectivity index (χ1n) is 4.80. The van der Waals surface area contributed by atoms with Crippen LogP contribution < -0.4 is 0 Å². The molecule has 0 radical (unpaired) electrons. The van der Waals surface area contributed by atoms with Crippen LogP contribution in [-0.2, 0) is 6.61 Å². The van der Waals surface area contributed by atoms with Crippen LogP contribution in [0, 0.1) is 13.8 Å². The summed E-state index contributed by atoms with van der Waals surface area (Å²) in [4.78, 5) is 0. The molecule has 1 heterocycles. The number of hydrogen-bond donors (Lipinski definition) is 1. The number of aliphatic hydroxyl groups excluding tert-OH is 1. The Bertz CT molecular complexity index is 476. The predicted molar refractivity (Wildman–Crippen MR) is 56.8 cm³/mol. The standard InChI is InChI=1S/C11H13N3O/c1-8-3-4-11(9(2)5-8)14-10(7-15)6-12-13-14/h3-6,15H,7H2,1-2H3. The van der Waals surface area contributed by atoms with E-state index in [1.165, 1.54) is 5.56 Å². The third kappa shape index (κ3) is 1.76. The van der Waals surface area contributed by atoms with E-state index in [0.717, 1.165) is 11.3 Å². The molecule has 0 aliphatic rings. The molecule has 0 atom stereocenters. The first-order valence-corrected chi connectivity index (χ1v) is 4.80. The Morgan fingerprint density at radius 2 is 2.13 bits per heavy atom. The molecule has 0 unspecified atom stereocenters. The van der Waals surface area contributed by atoms with Crippen molar-refractivity contribution < 1.29 is 5.11 Å². The lowest BCUT2D eigenvalue weighted by molar-refractivity contribution is 0.273. The molecule has 15 heavy (non-hydrogen) atoms. The number of nitrogens with zero attached hydrogens (tertiary/aromatic N) is 3. The van der Waals surface area contributed by atoms with Crippen molar-refractivity contribution in [2.75, 3.05) is 0 Å². The lowest BCUT2D eigenvalue weighted by atomic mass is 10.1. The zero-order valence-electron chi connectivity index (χ0n) is 8.81. The van der Waals surface area contributed by atoms with Gasteiger partial charge in [-0.3, -0.25) is 0 Å². The highest BCUT2D eigenvalue weighted by atomic mass is 16.3. The van der Waals surface area contributed by atoms with E-state index >= 15 is 0 Å². The monoisotopic (exact) mass is 203 g/mol. The second-order valence-corrected chi connectivity index (χ2v) is 3.59. The first-order chi connectivity index (χ1) is 7.22. The fourth-order valence-electron chi connectivity index (χ4n) is 1.61. The van der Waals surface area contributed by atoms with Crippen LogP contribution in [0.5, 0.6) is 0 Å². The number of aliphatic hydroxyl groups is 1. The summed E-state index contributed by atoms with van der Waals surface area (Å²) in [5.74, 6) is 0. The average molecular weight is 203 g/mol. The molecule has 1 aromatic heterocycles. The first kappa shape index (κ1) is 9.86. The van der Waals surface area contributed by atoms with Crippen LogP contribution in [-0.4, -0.2) is 20.1 Å². The predicted octanol–water partition coefficient (Wildman–Crippen LogP) is 1.38. The SMILES string of the molecule is Cc1ccc(-n2nncc2CO)c(C)c1. The second kappa shape index (κ2) is 3.82. The van der Waals surface area contributed by atoms with Crippen molar-refractivity contribution in [2.45, 2.75) is 20.5 Å². The number of aromatic nitrogens is 3. The van der Waals surface area contributed by atoms with Gasteiger partial charge >= 0.3 is 0 Å². The van der Waals surface area contributed by atoms with Crippen molar-refractivity contribution in [3.8, 4) is 5.69 Å². The van der Waals surface area contributed by atoms with E-state index in [-0.39, 0.29) is 6.61 Å². The summed E-state index contributed by atoms with van der Waals surface area (Å²) >= 11 is 0. The van der Waals surface area contributed by atoms with Gasteiger partial charge in [0.05, 0.1) is 24.2 Å². The van der Waals surface area contributed by atoms with Gasteiger partial charge < -0.3 is 5.11 Å². The van der Waals surface area contributed by atoms with Crippen molar-refractivity contribution in [1.82, 2.24) is 15.0 Å². The molecule has 0 amide bonds. The highest BCUT2D eigenvalue weighted by Crippen LogP contribution is 2.16. The van der Waals surface area contributed by atoms with Gasteiger partial charge in [-0.05, 0) is 25.5 Å². The van der Waals surface area contributed by atoms with Gasteiger partial charge in [-0.25, -0.2) is 4.68 Å². The Morgan fingerprint density at radius 3 is 2.80 bits per heavy atom. The van der Waals surface area contributed by atoms with Crippen molar-refractivity contribution in [3.63, 3.8) is 0 Å². The minimum absolute atomic E-state index is 0.0552. The molecule has 4 nitrogen and oxygen atoms in total. The van der Waals surface area contributed by atoms with Gasteiger partial charge in [-0.15, -0.1) is 5.10 Å². The summed E-state index contributed by atoms with van der Waals surface area (Å²) in [6.45, 7) is 4.01. The molecule has 1 N–H and O–H groups in total. The maximum absolute atomic E-state index is 9.11. The van der Waals surface area contributed by atoms with E-state index in [1.54, 1.807) is 10.9 Å². The van der Waals surface area contributed by atoms with E-state index in [9.17, 15) is 0 Å². The quantitative estimate of drug-likeness (QED) is 0.802. The maximum atomic E-state index is 9.11. The Balaban J connectivity index is 2.54. The van der Waals surface area contributed by atoms with E-state index in [2.05, 4.69) is 16.4 Å². The zero-order valence-corrected chi connectivity index (χ0v) is 8.81. The fraction of sp³-hybridized carbons (Fsp3) is 0.273. The van der Waals surface area contributed by atoms with Crippen LogP contribution in [0.2, 0.25) is 0 Å². The van der Waals surface area contributed by atoms with Crippen molar-refractivity contribution in [3.05, 3.63) is 41.2 Å². The van der Waals surface area contributed by atoms with Crippen molar-refractivity contribution in [1.29, 1.82) is 0 Å². The molecular weight excluding hydrogens is 190 g/mol. The Morgan fingerprint density at radius 1 is 1.33 bits per heavy atom. The van der Waals surface area contributed by atoms with Crippen LogP contribution >= 0.6 is 0 Å². The minimum Gasteiger partial charge on any atom is -0.390 e. The molecule has 78 valence electrons. The average Bonchev–Trinajstić information content (AvgIpc) is 2.65. The smallest absolute Gasteiger partial charge is 0.0900 e. The number of rotatable bonds is 2. The van der Waals surface area contributed by atoms with Gasteiger partial charge in [0.2, 0.25) is 0 Å². The lowest BCUT2D eigenvalue weighted by Gasteiger charge is -2.08. The molecule has 0 aliphatic carbocycles. The molecule has 0 saturated heterocycles. The minimum atomic E-state index is -0.0552. The summed E-state index contributed by atoms with van der Waals surface area (Å²) in [6.07, 6.45) is 1.57. The summed E-state index contributed by atoms with van der Waals surface area (Å²) < 4.78 is 1.66. The Kier molecular flexibility index (Phi) is 2.51. The third-order valence-corrected chi connectivity index (χ3v) is 2.36. The summed E-state index contributed by atoms with van der Waals surface area (Å²) in [6, 6.07) is 6.09. The summed E-state index contributed by atoms with van der Waals surface area (Å²) in [5.41, 5.74) is 3.99. The molecule has 1 aromatic carbocycles. The fourth-order valence-corrected chi connectivity index (χ4v) is 1.61. The summed E-state index contributed by atoms with van der Waals surface area (Å²) in [7, 11) is 0. The van der Waals surface area contributed by atoms with Gasteiger partial charge in [-0.1, -0.05) is 22.9 Å². The molecule has 2 aromatic rings.